The first kappa shape index (κ1) is 11.9. The summed E-state index contributed by atoms with van der Waals surface area (Å²) >= 11 is 3.39. The molecule has 1 aromatic heterocycles. The number of hydrazine groups is 1. The van der Waals surface area contributed by atoms with Gasteiger partial charge in [0.1, 0.15) is 12.4 Å². The van der Waals surface area contributed by atoms with E-state index in [9.17, 15) is 0 Å². The second-order valence-electron chi connectivity index (χ2n) is 3.42. The van der Waals surface area contributed by atoms with Gasteiger partial charge in [0.2, 0.25) is 5.88 Å². The first-order chi connectivity index (χ1) is 8.28. The fraction of sp³-hybridized carbons (Fsp3) is 0.0833. The summed E-state index contributed by atoms with van der Waals surface area (Å²) in [5.41, 5.74) is 3.56. The fourth-order valence-corrected chi connectivity index (χ4v) is 1.58. The van der Waals surface area contributed by atoms with E-state index in [0.29, 0.717) is 18.3 Å². The molecule has 2 rings (SSSR count). The van der Waals surface area contributed by atoms with Crippen molar-refractivity contribution in [3.05, 3.63) is 52.5 Å². The van der Waals surface area contributed by atoms with Crippen molar-refractivity contribution in [3.63, 3.8) is 0 Å². The number of nitrogen functional groups attached to an aromatic ring is 1. The fourth-order valence-electron chi connectivity index (χ4n) is 1.31. The van der Waals surface area contributed by atoms with Crippen molar-refractivity contribution in [2.75, 3.05) is 5.43 Å². The van der Waals surface area contributed by atoms with Crippen LogP contribution in [0.1, 0.15) is 5.56 Å². The average molecular weight is 294 g/mol. The van der Waals surface area contributed by atoms with E-state index in [0.717, 1.165) is 10.0 Å². The number of nitrogens with two attached hydrogens (primary N) is 1. The zero-order chi connectivity index (χ0) is 12.1. The first-order valence-corrected chi connectivity index (χ1v) is 5.88. The maximum atomic E-state index is 5.55. The summed E-state index contributed by atoms with van der Waals surface area (Å²) in [6.45, 7) is 0.480. The van der Waals surface area contributed by atoms with Crippen molar-refractivity contribution >= 4 is 21.7 Å². The molecule has 0 spiro atoms. The third-order valence-electron chi connectivity index (χ3n) is 2.17. The molecule has 0 aliphatic carbocycles. The maximum absolute atomic E-state index is 5.55. The first-order valence-electron chi connectivity index (χ1n) is 5.09. The largest absolute Gasteiger partial charge is 0.473 e. The summed E-state index contributed by atoms with van der Waals surface area (Å²) in [5, 5.41) is 0. The van der Waals surface area contributed by atoms with Gasteiger partial charge in [0.15, 0.2) is 0 Å². The van der Waals surface area contributed by atoms with Gasteiger partial charge >= 0.3 is 0 Å². The third kappa shape index (κ3) is 3.44. The highest BCUT2D eigenvalue weighted by Crippen LogP contribution is 2.14. The van der Waals surface area contributed by atoms with Crippen LogP contribution in [0.3, 0.4) is 0 Å². The minimum Gasteiger partial charge on any atom is -0.473 e. The van der Waals surface area contributed by atoms with Crippen molar-refractivity contribution in [3.8, 4) is 5.88 Å². The summed E-state index contributed by atoms with van der Waals surface area (Å²) in [7, 11) is 0. The Bertz CT molecular complexity index is 487. The number of benzene rings is 1. The van der Waals surface area contributed by atoms with Gasteiger partial charge in [0, 0.05) is 10.5 Å². The molecule has 0 atom stereocenters. The minimum atomic E-state index is 0.480. The van der Waals surface area contributed by atoms with Gasteiger partial charge in [-0.05, 0) is 23.8 Å². The molecule has 0 aliphatic heterocycles. The average Bonchev–Trinajstić information content (AvgIpc) is 2.38. The SMILES string of the molecule is NNc1cccc(OCc2ccc(Br)cc2)n1. The van der Waals surface area contributed by atoms with Crippen LogP contribution in [-0.4, -0.2) is 4.98 Å². The standard InChI is InChI=1S/C12H12BrN3O/c13-10-6-4-9(5-7-10)8-17-12-3-1-2-11(15-12)16-14/h1-7H,8,14H2,(H,15,16). The lowest BCUT2D eigenvalue weighted by atomic mass is 10.2. The zero-order valence-electron chi connectivity index (χ0n) is 9.06. The normalized spacial score (nSPS) is 10.0. The molecule has 2 aromatic rings. The molecule has 1 aromatic carbocycles. The number of halogens is 1. The van der Waals surface area contributed by atoms with Crippen LogP contribution in [0.2, 0.25) is 0 Å². The molecule has 0 saturated carbocycles. The lowest BCUT2D eigenvalue weighted by Gasteiger charge is -2.06. The molecule has 17 heavy (non-hydrogen) atoms. The Kier molecular flexibility index (Phi) is 3.95. The van der Waals surface area contributed by atoms with E-state index in [2.05, 4.69) is 26.3 Å². The summed E-state index contributed by atoms with van der Waals surface area (Å²) < 4.78 is 6.60. The van der Waals surface area contributed by atoms with Crippen LogP contribution in [0, 0.1) is 0 Å². The smallest absolute Gasteiger partial charge is 0.215 e. The second-order valence-corrected chi connectivity index (χ2v) is 4.34. The highest BCUT2D eigenvalue weighted by Gasteiger charge is 1.98. The molecule has 88 valence electrons. The number of rotatable bonds is 4. The molecule has 0 amide bonds. The van der Waals surface area contributed by atoms with Gasteiger partial charge in [-0.1, -0.05) is 34.1 Å². The number of ether oxygens (including phenoxy) is 1. The van der Waals surface area contributed by atoms with Crippen LogP contribution >= 0.6 is 15.9 Å². The Morgan fingerprint density at radius 1 is 1.18 bits per heavy atom. The molecule has 5 heteroatoms. The minimum absolute atomic E-state index is 0.480. The van der Waals surface area contributed by atoms with Crippen LogP contribution < -0.4 is 16.0 Å². The van der Waals surface area contributed by atoms with E-state index in [1.807, 2.05) is 30.3 Å². The predicted molar refractivity (Wildman–Crippen MR) is 70.5 cm³/mol. The molecule has 3 N–H and O–H groups in total. The number of hydrogen-bond acceptors (Lipinski definition) is 4. The summed E-state index contributed by atoms with van der Waals surface area (Å²) in [6.07, 6.45) is 0. The molecule has 4 nitrogen and oxygen atoms in total. The number of nitrogens with zero attached hydrogens (tertiary/aromatic N) is 1. The highest BCUT2D eigenvalue weighted by molar-refractivity contribution is 9.10. The van der Waals surface area contributed by atoms with Gasteiger partial charge in [-0.15, -0.1) is 0 Å². The summed E-state index contributed by atoms with van der Waals surface area (Å²) in [6, 6.07) is 13.3. The topological polar surface area (TPSA) is 60.2 Å². The van der Waals surface area contributed by atoms with Crippen molar-refractivity contribution in [2.45, 2.75) is 6.61 Å². The van der Waals surface area contributed by atoms with Crippen molar-refractivity contribution in [2.24, 2.45) is 5.84 Å². The van der Waals surface area contributed by atoms with Crippen LogP contribution in [0.5, 0.6) is 5.88 Å². The molecule has 0 saturated heterocycles. The van der Waals surface area contributed by atoms with Gasteiger partial charge in [-0.2, -0.15) is 4.98 Å². The van der Waals surface area contributed by atoms with Crippen molar-refractivity contribution in [1.82, 2.24) is 4.98 Å². The molecule has 0 unspecified atom stereocenters. The molecule has 0 fully saturated rings. The van der Waals surface area contributed by atoms with Gasteiger partial charge in [0.25, 0.3) is 0 Å². The van der Waals surface area contributed by atoms with Gasteiger partial charge in [0.05, 0.1) is 0 Å². The third-order valence-corrected chi connectivity index (χ3v) is 2.70. The van der Waals surface area contributed by atoms with Crippen LogP contribution in [0.4, 0.5) is 5.82 Å². The maximum Gasteiger partial charge on any atom is 0.215 e. The number of hydrogen-bond donors (Lipinski definition) is 2. The van der Waals surface area contributed by atoms with Gasteiger partial charge < -0.3 is 10.2 Å². The quantitative estimate of drug-likeness (QED) is 0.672. The number of pyridine rings is 1. The highest BCUT2D eigenvalue weighted by atomic mass is 79.9. The Labute approximate surface area is 108 Å². The molecule has 0 aliphatic rings. The van der Waals surface area contributed by atoms with E-state index in [-0.39, 0.29) is 0 Å². The van der Waals surface area contributed by atoms with Crippen LogP contribution in [-0.2, 0) is 6.61 Å². The number of aromatic nitrogens is 1. The second kappa shape index (κ2) is 5.65. The van der Waals surface area contributed by atoms with E-state index in [1.54, 1.807) is 12.1 Å². The van der Waals surface area contributed by atoms with E-state index in [1.165, 1.54) is 0 Å². The molecule has 0 bridgehead atoms. The monoisotopic (exact) mass is 293 g/mol. The Morgan fingerprint density at radius 3 is 2.65 bits per heavy atom. The lowest BCUT2D eigenvalue weighted by molar-refractivity contribution is 0.294. The molecule has 1 heterocycles. The van der Waals surface area contributed by atoms with E-state index < -0.39 is 0 Å². The van der Waals surface area contributed by atoms with Crippen molar-refractivity contribution in [1.29, 1.82) is 0 Å². The molecule has 0 radical (unpaired) electrons. The summed E-state index contributed by atoms with van der Waals surface area (Å²) in [5.74, 6) is 6.40. The van der Waals surface area contributed by atoms with Gasteiger partial charge in [-0.25, -0.2) is 5.84 Å². The Hall–Kier alpha value is -1.59. The van der Waals surface area contributed by atoms with Crippen LogP contribution in [0.25, 0.3) is 0 Å². The summed E-state index contributed by atoms with van der Waals surface area (Å²) in [4.78, 5) is 4.16. The van der Waals surface area contributed by atoms with Crippen LogP contribution in [0.15, 0.2) is 46.9 Å². The Balaban J connectivity index is 1.99. The number of nitrogens with one attached hydrogen (secondary N) is 1. The predicted octanol–water partition coefficient (Wildman–Crippen LogP) is 2.71. The van der Waals surface area contributed by atoms with Crippen molar-refractivity contribution < 1.29 is 4.74 Å². The van der Waals surface area contributed by atoms with E-state index in [4.69, 9.17) is 10.6 Å². The van der Waals surface area contributed by atoms with Gasteiger partial charge in [-0.3, -0.25) is 0 Å². The lowest BCUT2D eigenvalue weighted by Crippen LogP contribution is -2.08. The molecular weight excluding hydrogens is 282 g/mol. The molecular formula is C12H12BrN3O. The van der Waals surface area contributed by atoms with E-state index >= 15 is 0 Å². The zero-order valence-corrected chi connectivity index (χ0v) is 10.6. The number of anilines is 1. The Morgan fingerprint density at radius 2 is 1.94 bits per heavy atom.